The van der Waals surface area contributed by atoms with Crippen LogP contribution in [0.3, 0.4) is 0 Å². The molecule has 0 bridgehead atoms. The van der Waals surface area contributed by atoms with E-state index in [2.05, 4.69) is 20.5 Å². The molecule has 2 N–H and O–H groups in total. The van der Waals surface area contributed by atoms with E-state index in [1.54, 1.807) is 18.2 Å². The molecule has 0 saturated carbocycles. The van der Waals surface area contributed by atoms with E-state index in [1.807, 2.05) is 4.90 Å². The van der Waals surface area contributed by atoms with Gasteiger partial charge in [-0.25, -0.2) is 0 Å². The van der Waals surface area contributed by atoms with Crippen molar-refractivity contribution in [1.82, 2.24) is 9.97 Å². The molecule has 1 fully saturated rings. The van der Waals surface area contributed by atoms with Crippen LogP contribution in [-0.4, -0.2) is 46.1 Å². The molecule has 8 nitrogen and oxygen atoms in total. The molecule has 25 heavy (non-hydrogen) atoms. The molecule has 0 unspecified atom stereocenters. The van der Waals surface area contributed by atoms with Crippen LogP contribution in [0.15, 0.2) is 29.5 Å². The Bertz CT molecular complexity index is 771. The predicted octanol–water partition coefficient (Wildman–Crippen LogP) is -1.43. The third kappa shape index (κ3) is 4.25. The van der Waals surface area contributed by atoms with Gasteiger partial charge >= 0.3 is 147 Å². The van der Waals surface area contributed by atoms with Crippen molar-refractivity contribution in [2.75, 3.05) is 35.1 Å². The summed E-state index contributed by atoms with van der Waals surface area (Å²) in [7, 11) is 1.47. The van der Waals surface area contributed by atoms with E-state index in [-0.39, 0.29) is 17.5 Å². The summed E-state index contributed by atoms with van der Waals surface area (Å²) in [5, 5.41) is 14.0. The number of rotatable bonds is 5. The molecule has 134 valence electrons. The third-order valence-corrected chi connectivity index (χ3v) is 5.33. The molecule has 1 saturated heterocycles. The number of benzene rings is 1. The van der Waals surface area contributed by atoms with Crippen LogP contribution in [0.25, 0.3) is 0 Å². The number of aromatic hydroxyl groups is 1. The van der Waals surface area contributed by atoms with E-state index in [0.29, 0.717) is 29.0 Å². The number of para-hydroxylation sites is 1. The molecular weight excluding hydrogens is 444 g/mol. The van der Waals surface area contributed by atoms with E-state index < -0.39 is 27.4 Å². The molecule has 2 heterocycles. The summed E-state index contributed by atoms with van der Waals surface area (Å²) in [5.41, 5.74) is 3.11. The summed E-state index contributed by atoms with van der Waals surface area (Å²) in [6.45, 7) is 1.17. The van der Waals surface area contributed by atoms with Gasteiger partial charge in [-0.1, -0.05) is 0 Å². The van der Waals surface area contributed by atoms with Crippen LogP contribution in [0, 0.1) is 5.82 Å². The van der Waals surface area contributed by atoms with Crippen LogP contribution in [0.5, 0.6) is 11.5 Å². The molecule has 0 spiro atoms. The van der Waals surface area contributed by atoms with Gasteiger partial charge in [-0.05, 0) is 0 Å². The summed E-state index contributed by atoms with van der Waals surface area (Å²) in [4.78, 5) is 9.89. The number of phenols is 1. The molecule has 3 rings (SSSR count). The summed E-state index contributed by atoms with van der Waals surface area (Å²) in [5.74, 6) is 0.249. The number of methoxy groups -OCH3 is 1. The number of hydrogen-bond acceptors (Lipinski definition) is 8. The zero-order chi connectivity index (χ0) is 17.6. The van der Waals surface area contributed by atoms with Gasteiger partial charge in [0.15, 0.2) is 0 Å². The number of phenolic OH excluding ortho intramolecular Hbond substituents is 1. The molecule has 1 aliphatic rings. The van der Waals surface area contributed by atoms with Gasteiger partial charge in [0.1, 0.15) is 0 Å². The SMILES string of the molecule is COc1cccc(/C=N\Nc2ncc(F)c(N3CCO[I-]C3)n2)c1O. The predicted molar refractivity (Wildman–Crippen MR) is 86.0 cm³/mol. The Morgan fingerprint density at radius 3 is 3.16 bits per heavy atom. The molecule has 0 aliphatic carbocycles. The second-order valence-electron chi connectivity index (χ2n) is 4.94. The molecule has 1 aromatic carbocycles. The fourth-order valence-electron chi connectivity index (χ4n) is 2.12. The maximum absolute atomic E-state index is 14.0. The van der Waals surface area contributed by atoms with Crippen molar-refractivity contribution in [3.05, 3.63) is 35.8 Å². The van der Waals surface area contributed by atoms with Crippen molar-refractivity contribution in [2.45, 2.75) is 0 Å². The number of aromatic nitrogens is 2. The molecule has 1 aromatic heterocycles. The van der Waals surface area contributed by atoms with Crippen molar-refractivity contribution >= 4 is 18.0 Å². The number of alkyl halides is 1. The zero-order valence-electron chi connectivity index (χ0n) is 13.3. The Balaban J connectivity index is 1.73. The molecule has 0 atom stereocenters. The fourth-order valence-corrected chi connectivity index (χ4v) is 3.82. The molecule has 1 aliphatic heterocycles. The number of anilines is 2. The second kappa shape index (κ2) is 8.25. The van der Waals surface area contributed by atoms with Gasteiger partial charge in [0.05, 0.1) is 7.11 Å². The second-order valence-corrected chi connectivity index (χ2v) is 6.87. The van der Waals surface area contributed by atoms with Crippen molar-refractivity contribution in [1.29, 1.82) is 0 Å². The van der Waals surface area contributed by atoms with Crippen LogP contribution < -0.4 is 36.7 Å². The standard InChI is InChI=1S/C15H16FIN5O3/c1-24-12-4-2-3-10(13(12)23)7-19-21-15-18-8-11(16)14(20-15)22-5-6-25-17-9-22/h2-4,7-8,23H,5-6,9H2,1H3,(H,18,20,21)/q-1/b19-7-. The van der Waals surface area contributed by atoms with Gasteiger partial charge in [-0.2, -0.15) is 0 Å². The van der Waals surface area contributed by atoms with Gasteiger partial charge in [-0.3, -0.25) is 0 Å². The summed E-state index contributed by atoms with van der Waals surface area (Å²) >= 11 is -0.416. The van der Waals surface area contributed by atoms with Crippen molar-refractivity contribution in [2.24, 2.45) is 5.10 Å². The quantitative estimate of drug-likeness (QED) is 0.186. The topological polar surface area (TPSA) is 92.1 Å². The average Bonchev–Trinajstić information content (AvgIpc) is 2.65. The van der Waals surface area contributed by atoms with Gasteiger partial charge in [0.2, 0.25) is 0 Å². The molecule has 10 heteroatoms. The first-order valence-corrected chi connectivity index (χ1v) is 9.73. The number of hydrogen-bond donors (Lipinski definition) is 2. The normalized spacial score (nSPS) is 15.0. The van der Waals surface area contributed by atoms with Gasteiger partial charge in [0, 0.05) is 0 Å². The summed E-state index contributed by atoms with van der Waals surface area (Å²) < 4.78 is 25.0. The Hall–Kier alpha value is -2.21. The first kappa shape index (κ1) is 17.6. The molecule has 2 aromatic rings. The monoisotopic (exact) mass is 460 g/mol. The Labute approximate surface area is 154 Å². The number of nitrogens with one attached hydrogen (secondary N) is 1. The van der Waals surface area contributed by atoms with E-state index in [0.717, 1.165) is 6.20 Å². The minimum absolute atomic E-state index is 0.0199. The Morgan fingerprint density at radius 2 is 2.40 bits per heavy atom. The van der Waals surface area contributed by atoms with Gasteiger partial charge in [-0.15, -0.1) is 0 Å². The van der Waals surface area contributed by atoms with Crippen molar-refractivity contribution in [3.8, 4) is 11.5 Å². The van der Waals surface area contributed by atoms with Crippen molar-refractivity contribution < 1.29 is 38.9 Å². The van der Waals surface area contributed by atoms with E-state index in [9.17, 15) is 9.50 Å². The zero-order valence-corrected chi connectivity index (χ0v) is 15.5. The van der Waals surface area contributed by atoms with Crippen LogP contribution in [0.2, 0.25) is 0 Å². The number of hydrazone groups is 1. The minimum atomic E-state index is -0.481. The summed E-state index contributed by atoms with van der Waals surface area (Å²) in [6.07, 6.45) is 2.52. The molecule has 0 amide bonds. The van der Waals surface area contributed by atoms with E-state index in [1.165, 1.54) is 13.3 Å². The fraction of sp³-hybridized carbons (Fsp3) is 0.267. The maximum atomic E-state index is 14.0. The van der Waals surface area contributed by atoms with Crippen LogP contribution in [0.4, 0.5) is 16.2 Å². The summed E-state index contributed by atoms with van der Waals surface area (Å²) in [6, 6.07) is 5.05. The van der Waals surface area contributed by atoms with Gasteiger partial charge in [0.25, 0.3) is 0 Å². The molecule has 0 radical (unpaired) electrons. The number of nitrogens with zero attached hydrogens (tertiary/aromatic N) is 4. The average molecular weight is 460 g/mol. The Morgan fingerprint density at radius 1 is 1.52 bits per heavy atom. The van der Waals surface area contributed by atoms with E-state index >= 15 is 0 Å². The molecular formula is C15H16FIN5O3-. The van der Waals surface area contributed by atoms with Crippen LogP contribution >= 0.6 is 0 Å². The van der Waals surface area contributed by atoms with Crippen LogP contribution in [0.1, 0.15) is 5.56 Å². The van der Waals surface area contributed by atoms with Crippen LogP contribution in [-0.2, 0) is 3.07 Å². The Kier molecular flexibility index (Phi) is 5.81. The van der Waals surface area contributed by atoms with Crippen molar-refractivity contribution in [3.63, 3.8) is 0 Å². The van der Waals surface area contributed by atoms with Gasteiger partial charge < -0.3 is 0 Å². The first-order valence-electron chi connectivity index (χ1n) is 7.32. The van der Waals surface area contributed by atoms with E-state index in [4.69, 9.17) is 7.80 Å². The first-order chi connectivity index (χ1) is 12.2. The number of halogens is 2. The third-order valence-electron chi connectivity index (χ3n) is 3.35. The number of ether oxygens (including phenoxy) is 1.